The van der Waals surface area contributed by atoms with Crippen molar-refractivity contribution < 1.29 is 0 Å². The third kappa shape index (κ3) is 6.29. The summed E-state index contributed by atoms with van der Waals surface area (Å²) in [5.74, 6) is 0.821. The Labute approximate surface area is 244 Å². The van der Waals surface area contributed by atoms with Gasteiger partial charge in [0, 0.05) is 5.92 Å². The van der Waals surface area contributed by atoms with Crippen LogP contribution in [-0.2, 0) is 0 Å². The van der Waals surface area contributed by atoms with Crippen LogP contribution in [0, 0.1) is 11.8 Å². The van der Waals surface area contributed by atoms with E-state index in [4.69, 9.17) is 0 Å². The fourth-order valence-corrected chi connectivity index (χ4v) is 5.57. The minimum absolute atomic E-state index is 0.360. The normalized spacial score (nSPS) is 16.4. The highest BCUT2D eigenvalue weighted by atomic mass is 14.2. The van der Waals surface area contributed by atoms with Gasteiger partial charge in [0.1, 0.15) is 0 Å². The molecule has 5 aromatic rings. The van der Waals surface area contributed by atoms with Crippen LogP contribution in [0.1, 0.15) is 34.7 Å². The van der Waals surface area contributed by atoms with E-state index in [1.807, 2.05) is 0 Å². The van der Waals surface area contributed by atoms with Crippen molar-refractivity contribution in [2.45, 2.75) is 6.92 Å². The molecule has 2 atom stereocenters. The minimum atomic E-state index is 0.360. The van der Waals surface area contributed by atoms with Crippen molar-refractivity contribution in [3.05, 3.63) is 192 Å². The highest BCUT2D eigenvalue weighted by Gasteiger charge is 2.20. The summed E-state index contributed by atoms with van der Waals surface area (Å²) in [6.45, 7) is 2.30. The second-order valence-electron chi connectivity index (χ2n) is 10.7. The summed E-state index contributed by atoms with van der Waals surface area (Å²) in [6.07, 6.45) is 13.6. The van der Waals surface area contributed by atoms with Crippen LogP contribution in [0.25, 0.3) is 34.4 Å². The minimum Gasteiger partial charge on any atom is -0.0808 e. The topological polar surface area (TPSA) is 0 Å². The molecule has 198 valence electrons. The molecule has 0 fully saturated rings. The largest absolute Gasteiger partial charge is 0.0808 e. The van der Waals surface area contributed by atoms with E-state index in [1.54, 1.807) is 0 Å². The van der Waals surface area contributed by atoms with Gasteiger partial charge in [-0.15, -0.1) is 0 Å². The van der Waals surface area contributed by atoms with E-state index in [9.17, 15) is 0 Å². The first-order valence-electron chi connectivity index (χ1n) is 14.4. The van der Waals surface area contributed by atoms with E-state index in [1.165, 1.54) is 50.1 Å². The number of hydrogen-bond acceptors (Lipinski definition) is 0. The van der Waals surface area contributed by atoms with E-state index < -0.39 is 0 Å². The van der Waals surface area contributed by atoms with Gasteiger partial charge < -0.3 is 0 Å². The maximum absolute atomic E-state index is 2.35. The van der Waals surface area contributed by atoms with Crippen molar-refractivity contribution in [2.75, 3.05) is 0 Å². The van der Waals surface area contributed by atoms with Crippen LogP contribution in [0.2, 0.25) is 0 Å². The van der Waals surface area contributed by atoms with Gasteiger partial charge in [0.2, 0.25) is 0 Å². The average molecular weight is 527 g/mol. The predicted octanol–water partition coefficient (Wildman–Crippen LogP) is 10.9. The van der Waals surface area contributed by atoms with Crippen molar-refractivity contribution >= 4 is 23.3 Å². The van der Waals surface area contributed by atoms with Crippen molar-refractivity contribution in [1.29, 1.82) is 0 Å². The summed E-state index contributed by atoms with van der Waals surface area (Å²) >= 11 is 0. The Bertz CT molecular complexity index is 1640. The molecule has 0 N–H and O–H groups in total. The molecule has 0 aromatic heterocycles. The lowest BCUT2D eigenvalue weighted by molar-refractivity contribution is 0.622. The molecule has 0 amide bonds. The molecule has 1 aliphatic rings. The molecular formula is C41H34. The second kappa shape index (κ2) is 12.5. The number of benzene rings is 5. The third-order valence-corrected chi connectivity index (χ3v) is 7.83. The molecule has 0 heteroatoms. The fraction of sp³-hybridized carbons (Fsp3) is 0.0732. The molecule has 0 spiro atoms. The fourth-order valence-electron chi connectivity index (χ4n) is 5.57. The van der Waals surface area contributed by atoms with Gasteiger partial charge in [0.05, 0.1) is 0 Å². The Kier molecular flexibility index (Phi) is 8.01. The van der Waals surface area contributed by atoms with Crippen LogP contribution in [0.3, 0.4) is 0 Å². The van der Waals surface area contributed by atoms with E-state index in [0.717, 1.165) is 0 Å². The third-order valence-electron chi connectivity index (χ3n) is 7.83. The molecule has 6 rings (SSSR count). The molecule has 0 radical (unpaired) electrons. The van der Waals surface area contributed by atoms with Crippen molar-refractivity contribution in [1.82, 2.24) is 0 Å². The lowest BCUT2D eigenvalue weighted by Crippen LogP contribution is -2.11. The number of allylic oxidation sites excluding steroid dienone is 5. The average Bonchev–Trinajstić information content (AvgIpc) is 3.05. The number of hydrogen-bond donors (Lipinski definition) is 0. The number of rotatable bonds is 7. The summed E-state index contributed by atoms with van der Waals surface area (Å²) in [4.78, 5) is 0. The predicted molar refractivity (Wildman–Crippen MR) is 177 cm³/mol. The lowest BCUT2D eigenvalue weighted by Gasteiger charge is -2.24. The molecule has 0 saturated carbocycles. The Balaban J connectivity index is 1.27. The molecule has 0 bridgehead atoms. The monoisotopic (exact) mass is 526 g/mol. The molecule has 41 heavy (non-hydrogen) atoms. The van der Waals surface area contributed by atoms with Crippen LogP contribution in [0.5, 0.6) is 0 Å². The van der Waals surface area contributed by atoms with Gasteiger partial charge in [0.25, 0.3) is 0 Å². The van der Waals surface area contributed by atoms with E-state index in [2.05, 4.69) is 183 Å². The summed E-state index contributed by atoms with van der Waals surface area (Å²) in [7, 11) is 0. The van der Waals surface area contributed by atoms with Crippen molar-refractivity contribution in [2.24, 2.45) is 11.8 Å². The maximum atomic E-state index is 2.35. The highest BCUT2D eigenvalue weighted by molar-refractivity contribution is 5.91. The first kappa shape index (κ1) is 26.3. The van der Waals surface area contributed by atoms with Gasteiger partial charge in [-0.2, -0.15) is 0 Å². The second-order valence-corrected chi connectivity index (χ2v) is 10.7. The summed E-state index contributed by atoms with van der Waals surface area (Å²) in [6, 6.07) is 49.8. The molecule has 0 saturated heterocycles. The van der Waals surface area contributed by atoms with Gasteiger partial charge in [-0.25, -0.2) is 0 Å². The SMILES string of the molecule is CC1C=CC=CC1/C(=C\c1ccc(-c2ccc(C=C(c3ccccc3)c3ccccc3)cc2)cc1)c1ccccc1. The lowest BCUT2D eigenvalue weighted by atomic mass is 9.80. The molecule has 5 aromatic carbocycles. The van der Waals surface area contributed by atoms with Crippen molar-refractivity contribution in [3.63, 3.8) is 0 Å². The van der Waals surface area contributed by atoms with Crippen LogP contribution < -0.4 is 0 Å². The van der Waals surface area contributed by atoms with E-state index >= 15 is 0 Å². The zero-order valence-electron chi connectivity index (χ0n) is 23.4. The van der Waals surface area contributed by atoms with Gasteiger partial charge in [-0.05, 0) is 62.1 Å². The van der Waals surface area contributed by atoms with Gasteiger partial charge in [-0.1, -0.05) is 177 Å². The van der Waals surface area contributed by atoms with Gasteiger partial charge >= 0.3 is 0 Å². The molecule has 0 heterocycles. The zero-order valence-corrected chi connectivity index (χ0v) is 23.4. The Hall–Kier alpha value is -4.94. The standard InChI is InChI=1S/C41H34/c1-31-13-11-12-20-39(31)41(38-18-9-4-10-19-38)30-33-23-27-35(28-24-33)34-25-21-32(22-26-34)29-40(36-14-5-2-6-15-36)37-16-7-3-8-17-37/h2-31,39H,1H3/b41-30-. The first-order chi connectivity index (χ1) is 20.2. The van der Waals surface area contributed by atoms with Crippen LogP contribution in [-0.4, -0.2) is 0 Å². The Morgan fingerprint density at radius 3 is 1.39 bits per heavy atom. The van der Waals surface area contributed by atoms with Gasteiger partial charge in [-0.3, -0.25) is 0 Å². The Morgan fingerprint density at radius 2 is 0.902 bits per heavy atom. The van der Waals surface area contributed by atoms with Crippen LogP contribution >= 0.6 is 0 Å². The molecule has 0 nitrogen and oxygen atoms in total. The summed E-state index contributed by atoms with van der Waals surface area (Å²) in [5.41, 5.74) is 11.1. The quantitative estimate of drug-likeness (QED) is 0.185. The molecule has 0 aliphatic heterocycles. The summed E-state index contributed by atoms with van der Waals surface area (Å²) < 4.78 is 0. The molecular weight excluding hydrogens is 492 g/mol. The molecule has 2 unspecified atom stereocenters. The summed E-state index contributed by atoms with van der Waals surface area (Å²) in [5, 5.41) is 0. The van der Waals surface area contributed by atoms with Gasteiger partial charge in [0.15, 0.2) is 0 Å². The first-order valence-corrected chi connectivity index (χ1v) is 14.4. The Morgan fingerprint density at radius 1 is 0.463 bits per heavy atom. The maximum Gasteiger partial charge on any atom is 0.00875 e. The zero-order chi connectivity index (χ0) is 27.9. The smallest absolute Gasteiger partial charge is 0.00875 e. The molecule has 1 aliphatic carbocycles. The van der Waals surface area contributed by atoms with Crippen LogP contribution in [0.15, 0.2) is 164 Å². The highest BCUT2D eigenvalue weighted by Crippen LogP contribution is 2.35. The van der Waals surface area contributed by atoms with Crippen molar-refractivity contribution in [3.8, 4) is 11.1 Å². The van der Waals surface area contributed by atoms with Crippen LogP contribution in [0.4, 0.5) is 0 Å². The van der Waals surface area contributed by atoms with E-state index in [0.29, 0.717) is 11.8 Å². The van der Waals surface area contributed by atoms with E-state index in [-0.39, 0.29) is 0 Å².